The third-order valence-electron chi connectivity index (χ3n) is 2.62. The Morgan fingerprint density at radius 1 is 1.00 bits per heavy atom. The molecular weight excluding hydrogens is 202 g/mol. The van der Waals surface area contributed by atoms with E-state index in [2.05, 4.69) is 38.7 Å². The van der Waals surface area contributed by atoms with Gasteiger partial charge in [-0.2, -0.15) is 0 Å². The van der Waals surface area contributed by atoms with Crippen molar-refractivity contribution in [2.45, 2.75) is 41.5 Å². The first-order valence-electron chi connectivity index (χ1n) is 5.43. The molecule has 0 spiro atoms. The minimum Gasteiger partial charge on any atom is -0.241 e. The van der Waals surface area contributed by atoms with E-state index in [0.717, 1.165) is 5.01 Å². The van der Waals surface area contributed by atoms with Gasteiger partial charge in [0.15, 0.2) is 0 Å². The molecule has 1 aromatic carbocycles. The summed E-state index contributed by atoms with van der Waals surface area (Å²) in [6.07, 6.45) is 0. The average Bonchev–Trinajstić information content (AvgIpc) is 2.59. The smallest absolute Gasteiger partial charge is 0.0907 e. The van der Waals surface area contributed by atoms with Crippen molar-refractivity contribution >= 4 is 21.6 Å². The number of fused-ring (bicyclic) bond motifs is 1. The molecule has 0 saturated carbocycles. The van der Waals surface area contributed by atoms with Gasteiger partial charge in [0.25, 0.3) is 0 Å². The zero-order chi connectivity index (χ0) is 11.6. The second-order valence-electron chi connectivity index (χ2n) is 3.52. The van der Waals surface area contributed by atoms with E-state index in [0.29, 0.717) is 0 Å². The van der Waals surface area contributed by atoms with Crippen LogP contribution in [0.4, 0.5) is 0 Å². The predicted molar refractivity (Wildman–Crippen MR) is 69.9 cm³/mol. The standard InChI is InChI=1S/C11H13NS.C2H6/c1-6-5-10-11(8(3)7(6)2)12-9(4)13-10;1-2/h5H,1-4H3;1-2H3. The molecule has 0 saturated heterocycles. The van der Waals surface area contributed by atoms with Gasteiger partial charge in [-0.05, 0) is 50.5 Å². The quantitative estimate of drug-likeness (QED) is 0.635. The van der Waals surface area contributed by atoms with Crippen molar-refractivity contribution in [3.05, 3.63) is 27.8 Å². The number of rotatable bonds is 0. The van der Waals surface area contributed by atoms with Crippen LogP contribution in [-0.2, 0) is 0 Å². The van der Waals surface area contributed by atoms with E-state index in [-0.39, 0.29) is 0 Å². The number of nitrogens with zero attached hydrogens (tertiary/aromatic N) is 1. The first-order chi connectivity index (χ1) is 7.09. The summed E-state index contributed by atoms with van der Waals surface area (Å²) < 4.78 is 1.32. The number of benzene rings is 1. The maximum Gasteiger partial charge on any atom is 0.0907 e. The molecule has 2 aromatic rings. The molecule has 0 radical (unpaired) electrons. The van der Waals surface area contributed by atoms with E-state index >= 15 is 0 Å². The Morgan fingerprint density at radius 2 is 1.60 bits per heavy atom. The molecule has 2 rings (SSSR count). The molecule has 0 aliphatic heterocycles. The van der Waals surface area contributed by atoms with Crippen molar-refractivity contribution < 1.29 is 0 Å². The first-order valence-corrected chi connectivity index (χ1v) is 6.25. The molecule has 15 heavy (non-hydrogen) atoms. The molecule has 0 aliphatic rings. The molecule has 1 heterocycles. The summed E-state index contributed by atoms with van der Waals surface area (Å²) in [6.45, 7) is 12.5. The molecule has 0 fully saturated rings. The molecule has 82 valence electrons. The second-order valence-corrected chi connectivity index (χ2v) is 4.76. The van der Waals surface area contributed by atoms with Crippen molar-refractivity contribution in [1.29, 1.82) is 0 Å². The van der Waals surface area contributed by atoms with E-state index in [1.54, 1.807) is 11.3 Å². The minimum atomic E-state index is 1.16. The topological polar surface area (TPSA) is 12.9 Å². The Kier molecular flexibility index (Phi) is 3.86. The third-order valence-corrected chi connectivity index (χ3v) is 3.53. The summed E-state index contributed by atoms with van der Waals surface area (Å²) in [5.74, 6) is 0. The average molecular weight is 221 g/mol. The SMILES string of the molecule is CC.Cc1nc2c(C)c(C)c(C)cc2s1. The van der Waals surface area contributed by atoms with E-state index in [4.69, 9.17) is 0 Å². The highest BCUT2D eigenvalue weighted by molar-refractivity contribution is 7.18. The van der Waals surface area contributed by atoms with E-state index in [1.807, 2.05) is 13.8 Å². The largest absolute Gasteiger partial charge is 0.241 e. The minimum absolute atomic E-state index is 1.16. The molecule has 0 unspecified atom stereocenters. The fourth-order valence-corrected chi connectivity index (χ4v) is 2.57. The summed E-state index contributed by atoms with van der Waals surface area (Å²) in [5, 5.41) is 1.16. The summed E-state index contributed by atoms with van der Waals surface area (Å²) in [7, 11) is 0. The van der Waals surface area contributed by atoms with Gasteiger partial charge in [0.05, 0.1) is 15.2 Å². The molecule has 0 N–H and O–H groups in total. The van der Waals surface area contributed by atoms with Crippen LogP contribution in [0.5, 0.6) is 0 Å². The predicted octanol–water partition coefficient (Wildman–Crippen LogP) is 4.56. The highest BCUT2D eigenvalue weighted by atomic mass is 32.1. The van der Waals surface area contributed by atoms with E-state index < -0.39 is 0 Å². The van der Waals surface area contributed by atoms with Gasteiger partial charge in [-0.15, -0.1) is 11.3 Å². The highest BCUT2D eigenvalue weighted by Gasteiger charge is 2.07. The third kappa shape index (κ3) is 2.20. The zero-order valence-corrected chi connectivity index (χ0v) is 11.2. The van der Waals surface area contributed by atoms with Crippen molar-refractivity contribution in [1.82, 2.24) is 4.98 Å². The number of hydrogen-bond donors (Lipinski definition) is 0. The molecule has 0 bridgehead atoms. The summed E-state index contributed by atoms with van der Waals surface area (Å²) in [6, 6.07) is 2.24. The van der Waals surface area contributed by atoms with E-state index in [9.17, 15) is 0 Å². The van der Waals surface area contributed by atoms with Gasteiger partial charge in [0.1, 0.15) is 0 Å². The zero-order valence-electron chi connectivity index (χ0n) is 10.4. The first kappa shape index (κ1) is 12.2. The maximum atomic E-state index is 4.53. The lowest BCUT2D eigenvalue weighted by Crippen LogP contribution is -1.87. The molecule has 2 heteroatoms. The Labute approximate surface area is 96.2 Å². The number of thiazole rings is 1. The normalized spacial score (nSPS) is 10.0. The molecular formula is C13H19NS. The second kappa shape index (κ2) is 4.75. The Morgan fingerprint density at radius 3 is 2.20 bits per heavy atom. The van der Waals surface area contributed by atoms with Crippen LogP contribution in [0.2, 0.25) is 0 Å². The van der Waals surface area contributed by atoms with Crippen LogP contribution in [-0.4, -0.2) is 4.98 Å². The van der Waals surface area contributed by atoms with E-state index in [1.165, 1.54) is 26.9 Å². The summed E-state index contributed by atoms with van der Waals surface area (Å²) in [5.41, 5.74) is 5.26. The van der Waals surface area contributed by atoms with Crippen molar-refractivity contribution in [3.63, 3.8) is 0 Å². The van der Waals surface area contributed by atoms with Crippen LogP contribution >= 0.6 is 11.3 Å². The maximum absolute atomic E-state index is 4.53. The molecule has 0 aliphatic carbocycles. The van der Waals surface area contributed by atoms with Gasteiger partial charge in [-0.1, -0.05) is 13.8 Å². The monoisotopic (exact) mass is 221 g/mol. The Hall–Kier alpha value is -0.890. The highest BCUT2D eigenvalue weighted by Crippen LogP contribution is 2.28. The Bertz CT molecular complexity index is 469. The van der Waals surface area contributed by atoms with Gasteiger partial charge in [-0.25, -0.2) is 4.98 Å². The lowest BCUT2D eigenvalue weighted by Gasteiger charge is -2.03. The fourth-order valence-electron chi connectivity index (χ4n) is 1.59. The molecule has 0 amide bonds. The van der Waals surface area contributed by atoms with Gasteiger partial charge >= 0.3 is 0 Å². The van der Waals surface area contributed by atoms with Crippen LogP contribution in [0.3, 0.4) is 0 Å². The number of aromatic nitrogens is 1. The van der Waals surface area contributed by atoms with Gasteiger partial charge < -0.3 is 0 Å². The van der Waals surface area contributed by atoms with Gasteiger partial charge in [0.2, 0.25) is 0 Å². The van der Waals surface area contributed by atoms with Crippen molar-refractivity contribution in [2.24, 2.45) is 0 Å². The Balaban J connectivity index is 0.000000531. The lowest BCUT2D eigenvalue weighted by molar-refractivity contribution is 1.26. The van der Waals surface area contributed by atoms with Crippen molar-refractivity contribution in [2.75, 3.05) is 0 Å². The lowest BCUT2D eigenvalue weighted by atomic mass is 10.0. The van der Waals surface area contributed by atoms with Crippen LogP contribution in [0.15, 0.2) is 6.07 Å². The van der Waals surface area contributed by atoms with Gasteiger partial charge in [0, 0.05) is 0 Å². The van der Waals surface area contributed by atoms with Crippen LogP contribution in [0.25, 0.3) is 10.2 Å². The number of aryl methyl sites for hydroxylation is 3. The fraction of sp³-hybridized carbons (Fsp3) is 0.462. The molecule has 1 aromatic heterocycles. The molecule has 1 nitrogen and oxygen atoms in total. The van der Waals surface area contributed by atoms with Gasteiger partial charge in [-0.3, -0.25) is 0 Å². The van der Waals surface area contributed by atoms with Crippen LogP contribution in [0, 0.1) is 27.7 Å². The van der Waals surface area contributed by atoms with Crippen LogP contribution < -0.4 is 0 Å². The van der Waals surface area contributed by atoms with Crippen molar-refractivity contribution in [3.8, 4) is 0 Å². The summed E-state index contributed by atoms with van der Waals surface area (Å²) >= 11 is 1.78. The summed E-state index contributed by atoms with van der Waals surface area (Å²) in [4.78, 5) is 4.53. The van der Waals surface area contributed by atoms with Crippen LogP contribution in [0.1, 0.15) is 35.5 Å². The number of hydrogen-bond acceptors (Lipinski definition) is 2. The molecule has 0 atom stereocenters.